The molecule has 0 spiro atoms. The van der Waals surface area contributed by atoms with Crippen LogP contribution in [0.4, 0.5) is 5.13 Å². The molecule has 0 saturated heterocycles. The summed E-state index contributed by atoms with van der Waals surface area (Å²) in [5.74, 6) is 1.95. The third-order valence-electron chi connectivity index (χ3n) is 3.57. The van der Waals surface area contributed by atoms with Crippen LogP contribution in [-0.2, 0) is 4.79 Å². The summed E-state index contributed by atoms with van der Waals surface area (Å²) in [6.07, 6.45) is 0.386. The van der Waals surface area contributed by atoms with Crippen molar-refractivity contribution in [3.63, 3.8) is 0 Å². The standard InChI is InChI=1S/C18H17ClN2O3S2/c1-23-13-7-8-14(24-2)17-16(13)21-18(26-17)20-15(22)9-10-25-12-5-3-11(19)4-6-12/h3-8H,9-10H2,1-2H3,(H,20,21,22). The van der Waals surface area contributed by atoms with Gasteiger partial charge in [-0.25, -0.2) is 4.98 Å². The number of ether oxygens (including phenoxy) is 2. The largest absolute Gasteiger partial charge is 0.495 e. The summed E-state index contributed by atoms with van der Waals surface area (Å²) in [7, 11) is 3.19. The first-order valence-corrected chi connectivity index (χ1v) is 9.98. The molecule has 0 atom stereocenters. The molecule has 26 heavy (non-hydrogen) atoms. The third-order valence-corrected chi connectivity index (χ3v) is 5.82. The molecule has 3 aromatic rings. The first-order valence-electron chi connectivity index (χ1n) is 7.80. The zero-order valence-corrected chi connectivity index (χ0v) is 16.6. The van der Waals surface area contributed by atoms with Gasteiger partial charge in [0.05, 0.1) is 14.2 Å². The van der Waals surface area contributed by atoms with Gasteiger partial charge >= 0.3 is 0 Å². The number of methoxy groups -OCH3 is 2. The van der Waals surface area contributed by atoms with E-state index in [4.69, 9.17) is 21.1 Å². The fraction of sp³-hybridized carbons (Fsp3) is 0.222. The minimum absolute atomic E-state index is 0.0801. The molecule has 0 aliphatic rings. The van der Waals surface area contributed by atoms with Crippen molar-refractivity contribution in [3.05, 3.63) is 41.4 Å². The number of halogens is 1. The molecule has 0 aliphatic carbocycles. The Kier molecular flexibility index (Phi) is 6.24. The molecule has 0 aliphatic heterocycles. The second-order valence-corrected chi connectivity index (χ2v) is 7.87. The average molecular weight is 409 g/mol. The maximum atomic E-state index is 12.2. The Labute approximate surface area is 164 Å². The number of hydrogen-bond donors (Lipinski definition) is 1. The zero-order valence-electron chi connectivity index (χ0n) is 14.2. The van der Waals surface area contributed by atoms with Crippen molar-refractivity contribution in [1.29, 1.82) is 0 Å². The predicted molar refractivity (Wildman–Crippen MR) is 108 cm³/mol. The van der Waals surface area contributed by atoms with Gasteiger partial charge in [0.15, 0.2) is 5.13 Å². The van der Waals surface area contributed by atoms with E-state index in [0.29, 0.717) is 39.3 Å². The van der Waals surface area contributed by atoms with Gasteiger partial charge < -0.3 is 14.8 Å². The van der Waals surface area contributed by atoms with Crippen molar-refractivity contribution < 1.29 is 14.3 Å². The van der Waals surface area contributed by atoms with Crippen LogP contribution in [0.3, 0.4) is 0 Å². The summed E-state index contributed by atoms with van der Waals surface area (Å²) in [6, 6.07) is 11.2. The fourth-order valence-corrected chi connectivity index (χ4v) is 4.28. The predicted octanol–water partition coefficient (Wildman–Crippen LogP) is 5.09. The van der Waals surface area contributed by atoms with Crippen LogP contribution in [0.5, 0.6) is 11.5 Å². The molecule has 1 heterocycles. The quantitative estimate of drug-likeness (QED) is 0.552. The molecular formula is C18H17ClN2O3S2. The topological polar surface area (TPSA) is 60.5 Å². The number of nitrogens with one attached hydrogen (secondary N) is 1. The van der Waals surface area contributed by atoms with E-state index in [1.165, 1.54) is 11.3 Å². The van der Waals surface area contributed by atoms with Crippen LogP contribution in [0.15, 0.2) is 41.3 Å². The van der Waals surface area contributed by atoms with E-state index >= 15 is 0 Å². The minimum Gasteiger partial charge on any atom is -0.495 e. The Hall–Kier alpha value is -1.96. The summed E-state index contributed by atoms with van der Waals surface area (Å²) < 4.78 is 11.5. The molecule has 3 rings (SSSR count). The molecule has 1 N–H and O–H groups in total. The molecule has 0 unspecified atom stereocenters. The van der Waals surface area contributed by atoms with Crippen LogP contribution in [0.2, 0.25) is 5.02 Å². The number of carbonyl (C=O) groups excluding carboxylic acids is 1. The average Bonchev–Trinajstić information content (AvgIpc) is 3.06. The van der Waals surface area contributed by atoms with Crippen molar-refractivity contribution in [2.75, 3.05) is 25.3 Å². The Morgan fingerprint density at radius 2 is 1.85 bits per heavy atom. The highest BCUT2D eigenvalue weighted by Gasteiger charge is 2.15. The van der Waals surface area contributed by atoms with E-state index in [1.54, 1.807) is 32.0 Å². The van der Waals surface area contributed by atoms with Gasteiger partial charge in [-0.3, -0.25) is 4.79 Å². The highest BCUT2D eigenvalue weighted by Crippen LogP contribution is 2.38. The minimum atomic E-state index is -0.0801. The van der Waals surface area contributed by atoms with Crippen LogP contribution >= 0.6 is 34.7 Å². The Balaban J connectivity index is 1.62. The number of nitrogens with zero attached hydrogens (tertiary/aromatic N) is 1. The molecule has 8 heteroatoms. The van der Waals surface area contributed by atoms with E-state index < -0.39 is 0 Å². The molecule has 5 nitrogen and oxygen atoms in total. The van der Waals surface area contributed by atoms with Crippen molar-refractivity contribution in [2.24, 2.45) is 0 Å². The second kappa shape index (κ2) is 8.62. The highest BCUT2D eigenvalue weighted by atomic mass is 35.5. The van der Waals surface area contributed by atoms with Crippen LogP contribution in [0, 0.1) is 0 Å². The summed E-state index contributed by atoms with van der Waals surface area (Å²) in [5.41, 5.74) is 0.683. The molecule has 0 radical (unpaired) electrons. The van der Waals surface area contributed by atoms with E-state index in [9.17, 15) is 4.79 Å². The lowest BCUT2D eigenvalue weighted by atomic mass is 10.3. The van der Waals surface area contributed by atoms with Crippen LogP contribution in [0.1, 0.15) is 6.42 Å². The lowest BCUT2D eigenvalue weighted by Gasteiger charge is -2.03. The summed E-state index contributed by atoms with van der Waals surface area (Å²) >= 11 is 8.84. The number of amides is 1. The van der Waals surface area contributed by atoms with Crippen molar-refractivity contribution >= 4 is 56.0 Å². The van der Waals surface area contributed by atoms with Crippen molar-refractivity contribution in [1.82, 2.24) is 4.98 Å². The molecule has 0 bridgehead atoms. The second-order valence-electron chi connectivity index (χ2n) is 5.27. The van der Waals surface area contributed by atoms with Gasteiger partial charge in [0.2, 0.25) is 5.91 Å². The molecule has 2 aromatic carbocycles. The summed E-state index contributed by atoms with van der Waals surface area (Å²) in [5, 5.41) is 4.09. The van der Waals surface area contributed by atoms with Gasteiger partial charge in [-0.05, 0) is 36.4 Å². The maximum absolute atomic E-state index is 12.2. The highest BCUT2D eigenvalue weighted by molar-refractivity contribution is 7.99. The van der Waals surface area contributed by atoms with E-state index in [-0.39, 0.29) is 5.91 Å². The lowest BCUT2D eigenvalue weighted by Crippen LogP contribution is -2.11. The van der Waals surface area contributed by atoms with Crippen LogP contribution in [-0.4, -0.2) is 30.9 Å². The summed E-state index contributed by atoms with van der Waals surface area (Å²) in [6.45, 7) is 0. The van der Waals surface area contributed by atoms with Gasteiger partial charge in [0.25, 0.3) is 0 Å². The number of anilines is 1. The number of fused-ring (bicyclic) bond motifs is 1. The van der Waals surface area contributed by atoms with Crippen LogP contribution in [0.25, 0.3) is 10.2 Å². The lowest BCUT2D eigenvalue weighted by molar-refractivity contribution is -0.115. The number of benzene rings is 2. The number of aromatic nitrogens is 1. The van der Waals surface area contributed by atoms with Crippen molar-refractivity contribution in [3.8, 4) is 11.5 Å². The number of thiazole rings is 1. The van der Waals surface area contributed by atoms with Gasteiger partial charge in [0, 0.05) is 22.1 Å². The number of rotatable bonds is 7. The zero-order chi connectivity index (χ0) is 18.5. The smallest absolute Gasteiger partial charge is 0.226 e. The van der Waals surface area contributed by atoms with E-state index in [2.05, 4.69) is 10.3 Å². The van der Waals surface area contributed by atoms with E-state index in [1.807, 2.05) is 30.3 Å². The molecule has 1 aromatic heterocycles. The van der Waals surface area contributed by atoms with Gasteiger partial charge in [-0.15, -0.1) is 11.8 Å². The third kappa shape index (κ3) is 4.41. The van der Waals surface area contributed by atoms with Gasteiger partial charge in [0.1, 0.15) is 21.7 Å². The van der Waals surface area contributed by atoms with Crippen LogP contribution < -0.4 is 14.8 Å². The van der Waals surface area contributed by atoms with Gasteiger partial charge in [-0.1, -0.05) is 22.9 Å². The Morgan fingerprint density at radius 3 is 2.54 bits per heavy atom. The van der Waals surface area contributed by atoms with Gasteiger partial charge in [-0.2, -0.15) is 0 Å². The molecule has 136 valence electrons. The summed E-state index contributed by atoms with van der Waals surface area (Å²) in [4.78, 5) is 17.7. The van der Waals surface area contributed by atoms with E-state index in [0.717, 1.165) is 9.60 Å². The molecule has 0 fully saturated rings. The molecule has 0 saturated carbocycles. The maximum Gasteiger partial charge on any atom is 0.226 e. The molecule has 1 amide bonds. The molecular weight excluding hydrogens is 392 g/mol. The first kappa shape index (κ1) is 18.8. The fourth-order valence-electron chi connectivity index (χ4n) is 2.31. The SMILES string of the molecule is COc1ccc(OC)c2sc(NC(=O)CCSc3ccc(Cl)cc3)nc12. The number of carbonyl (C=O) groups is 1. The van der Waals surface area contributed by atoms with Crippen molar-refractivity contribution in [2.45, 2.75) is 11.3 Å². The first-order chi connectivity index (χ1) is 12.6. The number of thioether (sulfide) groups is 1. The normalized spacial score (nSPS) is 10.7. The monoisotopic (exact) mass is 408 g/mol. The Bertz CT molecular complexity index is 872. The number of hydrogen-bond acceptors (Lipinski definition) is 6. The Morgan fingerprint density at radius 1 is 1.15 bits per heavy atom.